The topological polar surface area (TPSA) is 225 Å². The summed E-state index contributed by atoms with van der Waals surface area (Å²) in [4.78, 5) is 12.5. The van der Waals surface area contributed by atoms with E-state index in [1.165, 1.54) is 31.4 Å². The number of methoxy groups -OCH3 is 1. The number of carbonyl (C=O) groups excluding carboxylic acids is 1. The van der Waals surface area contributed by atoms with Gasteiger partial charge >= 0.3 is 5.97 Å². The van der Waals surface area contributed by atoms with Gasteiger partial charge in [0.25, 0.3) is 0 Å². The third-order valence-electron chi connectivity index (χ3n) is 5.90. The van der Waals surface area contributed by atoms with E-state index in [1.54, 1.807) is 0 Å². The summed E-state index contributed by atoms with van der Waals surface area (Å²) in [6.45, 7) is -2.59. The minimum absolute atomic E-state index is 0.114. The first-order chi connectivity index (χ1) is 17.1. The number of esters is 1. The molecule has 2 heterocycles. The van der Waals surface area contributed by atoms with Crippen molar-refractivity contribution < 1.29 is 69.3 Å². The van der Waals surface area contributed by atoms with E-state index in [4.69, 9.17) is 23.7 Å². The zero-order valence-electron chi connectivity index (χ0n) is 19.2. The van der Waals surface area contributed by atoms with E-state index < -0.39 is 80.6 Å². The largest absolute Gasteiger partial charge is 0.504 e. The molecule has 36 heavy (non-hydrogen) atoms. The second-order valence-electron chi connectivity index (χ2n) is 8.24. The van der Waals surface area contributed by atoms with Crippen LogP contribution in [-0.2, 0) is 23.7 Å². The van der Waals surface area contributed by atoms with Crippen LogP contribution in [0.5, 0.6) is 11.5 Å². The van der Waals surface area contributed by atoms with E-state index in [9.17, 15) is 45.6 Å². The number of rotatable bonds is 9. The summed E-state index contributed by atoms with van der Waals surface area (Å²) in [7, 11) is 1.35. The number of aliphatic hydroxyl groups excluding tert-OH is 7. The lowest BCUT2D eigenvalue weighted by Crippen LogP contribution is -2.63. The Labute approximate surface area is 205 Å². The Kier molecular flexibility index (Phi) is 9.23. The summed E-state index contributed by atoms with van der Waals surface area (Å²) in [5.74, 6) is -3.35. The highest BCUT2D eigenvalue weighted by Gasteiger charge is 2.60. The molecule has 0 saturated carbocycles. The van der Waals surface area contributed by atoms with Gasteiger partial charge in [-0.3, -0.25) is 0 Å². The summed E-state index contributed by atoms with van der Waals surface area (Å²) in [5.41, 5.74) is 0.448. The molecule has 2 fully saturated rings. The number of hydrogen-bond donors (Lipinski definition) is 8. The molecule has 0 aliphatic carbocycles. The predicted octanol–water partition coefficient (Wildman–Crippen LogP) is -3.42. The van der Waals surface area contributed by atoms with E-state index >= 15 is 0 Å². The summed E-state index contributed by atoms with van der Waals surface area (Å²) in [5, 5.41) is 79.5. The lowest BCUT2D eigenvalue weighted by Gasteiger charge is -2.43. The minimum atomic E-state index is -2.37. The Bertz CT molecular complexity index is 922. The Hall–Kier alpha value is -2.37. The third kappa shape index (κ3) is 5.63. The third-order valence-corrected chi connectivity index (χ3v) is 5.90. The molecule has 3 rings (SSSR count). The fourth-order valence-corrected chi connectivity index (χ4v) is 3.90. The molecule has 2 aliphatic heterocycles. The lowest BCUT2D eigenvalue weighted by atomic mass is 9.99. The Balaban J connectivity index is 1.81. The minimum Gasteiger partial charge on any atom is -0.504 e. The number of phenols is 1. The highest BCUT2D eigenvalue weighted by molar-refractivity contribution is 5.87. The fourth-order valence-electron chi connectivity index (χ4n) is 3.90. The van der Waals surface area contributed by atoms with E-state index in [0.29, 0.717) is 5.56 Å². The van der Waals surface area contributed by atoms with Crippen LogP contribution in [0, 0.1) is 0 Å². The number of benzene rings is 1. The molecule has 0 radical (unpaired) electrons. The van der Waals surface area contributed by atoms with Crippen molar-refractivity contribution in [1.29, 1.82) is 0 Å². The van der Waals surface area contributed by atoms with E-state index in [2.05, 4.69) is 0 Å². The van der Waals surface area contributed by atoms with Gasteiger partial charge in [0.2, 0.25) is 5.79 Å². The number of hydrogen-bond acceptors (Lipinski definition) is 14. The SMILES string of the molecule is COc1cc(C=CC(=O)O[C@H]2[C@H](O)[C@@H](CO)O[C@@]2(CO)O[C@H]2O[C@H](CO)[C@@H](O)[C@H](O)[C@H]2O)ccc1O. The zero-order valence-corrected chi connectivity index (χ0v) is 19.2. The van der Waals surface area contributed by atoms with Crippen LogP contribution in [0.3, 0.4) is 0 Å². The lowest BCUT2D eigenvalue weighted by molar-refractivity contribution is -0.383. The fraction of sp³-hybridized carbons (Fsp3) is 0.591. The molecular weight excluding hydrogens is 488 g/mol. The first kappa shape index (κ1) is 28.2. The Morgan fingerprint density at radius 3 is 2.33 bits per heavy atom. The maximum absolute atomic E-state index is 12.5. The highest BCUT2D eigenvalue weighted by atomic mass is 16.8. The summed E-state index contributed by atoms with van der Waals surface area (Å²) in [6, 6.07) is 4.27. The van der Waals surface area contributed by atoms with Crippen LogP contribution in [0.2, 0.25) is 0 Å². The van der Waals surface area contributed by atoms with Crippen LogP contribution in [0.15, 0.2) is 24.3 Å². The van der Waals surface area contributed by atoms with Gasteiger partial charge in [-0.1, -0.05) is 6.07 Å². The zero-order chi connectivity index (χ0) is 26.6. The second-order valence-corrected chi connectivity index (χ2v) is 8.24. The van der Waals surface area contributed by atoms with Crippen molar-refractivity contribution in [2.45, 2.75) is 54.8 Å². The van der Waals surface area contributed by atoms with Crippen molar-refractivity contribution in [1.82, 2.24) is 0 Å². The van der Waals surface area contributed by atoms with Crippen molar-refractivity contribution in [3.05, 3.63) is 29.8 Å². The molecule has 1 aromatic rings. The van der Waals surface area contributed by atoms with Crippen LogP contribution in [-0.4, -0.2) is 129 Å². The number of aromatic hydroxyl groups is 1. The van der Waals surface area contributed by atoms with Crippen LogP contribution in [0.4, 0.5) is 0 Å². The average Bonchev–Trinajstić information content (AvgIpc) is 3.14. The molecule has 0 bridgehead atoms. The molecule has 8 N–H and O–H groups in total. The monoisotopic (exact) mass is 518 g/mol. The van der Waals surface area contributed by atoms with Crippen LogP contribution in [0.1, 0.15) is 5.56 Å². The first-order valence-electron chi connectivity index (χ1n) is 10.9. The Morgan fingerprint density at radius 1 is 1.03 bits per heavy atom. The summed E-state index contributed by atoms with van der Waals surface area (Å²) >= 11 is 0. The molecule has 0 aromatic heterocycles. The number of carbonyl (C=O) groups is 1. The van der Waals surface area contributed by atoms with Crippen LogP contribution >= 0.6 is 0 Å². The molecule has 14 heteroatoms. The molecule has 2 aliphatic rings. The predicted molar refractivity (Wildman–Crippen MR) is 116 cm³/mol. The maximum Gasteiger partial charge on any atom is 0.331 e. The molecule has 1 aromatic carbocycles. The molecule has 0 amide bonds. The van der Waals surface area contributed by atoms with Crippen molar-refractivity contribution in [2.75, 3.05) is 26.9 Å². The van der Waals surface area contributed by atoms with Gasteiger partial charge in [-0.2, -0.15) is 0 Å². The average molecular weight is 518 g/mol. The van der Waals surface area contributed by atoms with Gasteiger partial charge in [0.1, 0.15) is 43.2 Å². The molecule has 0 unspecified atom stereocenters. The number of ether oxygens (including phenoxy) is 5. The van der Waals surface area contributed by atoms with Gasteiger partial charge in [-0.05, 0) is 23.8 Å². The highest BCUT2D eigenvalue weighted by Crippen LogP contribution is 2.38. The van der Waals surface area contributed by atoms with Gasteiger partial charge in [-0.15, -0.1) is 0 Å². The summed E-state index contributed by atoms with van der Waals surface area (Å²) in [6.07, 6.45) is -11.1. The van der Waals surface area contributed by atoms with Crippen molar-refractivity contribution in [3.8, 4) is 11.5 Å². The van der Waals surface area contributed by atoms with Crippen molar-refractivity contribution in [2.24, 2.45) is 0 Å². The quantitative estimate of drug-likeness (QED) is 0.118. The molecule has 14 nitrogen and oxygen atoms in total. The van der Waals surface area contributed by atoms with E-state index in [1.807, 2.05) is 0 Å². The van der Waals surface area contributed by atoms with E-state index in [-0.39, 0.29) is 11.5 Å². The molecule has 2 saturated heterocycles. The van der Waals surface area contributed by atoms with Gasteiger partial charge < -0.3 is 64.5 Å². The molecule has 202 valence electrons. The molecule has 0 spiro atoms. The van der Waals surface area contributed by atoms with Gasteiger partial charge in [0.15, 0.2) is 23.9 Å². The normalized spacial score (nSPS) is 36.8. The van der Waals surface area contributed by atoms with Gasteiger partial charge in [0.05, 0.1) is 20.3 Å². The molecule has 9 atom stereocenters. The maximum atomic E-state index is 12.5. The smallest absolute Gasteiger partial charge is 0.331 e. The Morgan fingerprint density at radius 2 is 1.72 bits per heavy atom. The summed E-state index contributed by atoms with van der Waals surface area (Å²) < 4.78 is 26.5. The van der Waals surface area contributed by atoms with Crippen molar-refractivity contribution >= 4 is 12.0 Å². The standard InChI is InChI=1S/C22H30O14/c1-32-12-6-10(2-4-11(12)26)3-5-15(27)34-20-17(29)14(8-24)35-22(20,9-25)36-21-19(31)18(30)16(28)13(7-23)33-21/h2-6,13-14,16-21,23-26,28-31H,7-9H2,1H3/t13-,14-,16-,17-,18+,19-,20+,21-,22+/m1/s1. The van der Waals surface area contributed by atoms with Crippen LogP contribution < -0.4 is 4.74 Å². The van der Waals surface area contributed by atoms with Gasteiger partial charge in [0, 0.05) is 6.08 Å². The van der Waals surface area contributed by atoms with Crippen LogP contribution in [0.25, 0.3) is 6.08 Å². The number of aliphatic hydroxyl groups is 7. The van der Waals surface area contributed by atoms with E-state index in [0.717, 1.165) is 6.08 Å². The van der Waals surface area contributed by atoms with Gasteiger partial charge in [-0.25, -0.2) is 4.79 Å². The van der Waals surface area contributed by atoms with Crippen molar-refractivity contribution in [3.63, 3.8) is 0 Å². The second kappa shape index (κ2) is 11.8. The first-order valence-corrected chi connectivity index (χ1v) is 10.9. The number of phenolic OH excluding ortho intramolecular Hbond substituents is 1. The molecular formula is C22H30O14.